The van der Waals surface area contributed by atoms with Crippen molar-refractivity contribution in [2.75, 3.05) is 18.8 Å². The van der Waals surface area contributed by atoms with Crippen LogP contribution in [0.1, 0.15) is 0 Å². The summed E-state index contributed by atoms with van der Waals surface area (Å²) in [7, 11) is -8.58. The molecule has 13 nitrogen and oxygen atoms in total. The van der Waals surface area contributed by atoms with E-state index in [1.807, 2.05) is 0 Å². The molecule has 35 heavy (non-hydrogen) atoms. The van der Waals surface area contributed by atoms with Crippen LogP contribution in [0.2, 0.25) is 0 Å². The largest absolute Gasteiger partial charge is 0.383 e. The van der Waals surface area contributed by atoms with Crippen LogP contribution in [-0.2, 0) is 19.9 Å². The minimum atomic E-state index is -4.55. The van der Waals surface area contributed by atoms with Gasteiger partial charge in [0.1, 0.15) is 10.7 Å². The molecule has 4 heterocycles. The van der Waals surface area contributed by atoms with Crippen molar-refractivity contribution in [3.8, 4) is 33.8 Å². The first kappa shape index (κ1) is 23.0. The molecule has 1 aliphatic heterocycles. The Morgan fingerprint density at radius 3 is 2.40 bits per heavy atom. The summed E-state index contributed by atoms with van der Waals surface area (Å²) >= 11 is 0. The van der Waals surface area contributed by atoms with Crippen molar-refractivity contribution in [3.05, 3.63) is 48.8 Å². The summed E-state index contributed by atoms with van der Waals surface area (Å²) in [6, 6.07) is 9.50. The maximum Gasteiger partial charge on any atom is 0.240 e. The number of anilines is 1. The van der Waals surface area contributed by atoms with Gasteiger partial charge in [-0.1, -0.05) is 6.07 Å². The first-order valence-electron chi connectivity index (χ1n) is 10.2. The second kappa shape index (κ2) is 8.46. The minimum Gasteiger partial charge on any atom is -0.383 e. The number of rotatable bonds is 6. The normalized spacial score (nSPS) is 14.5. The Kier molecular flexibility index (Phi) is 5.55. The molecule has 0 bridgehead atoms. The maximum atomic E-state index is 13.3. The number of pyridine rings is 2. The summed E-state index contributed by atoms with van der Waals surface area (Å²) in [5.41, 5.74) is 7.80. The predicted octanol–water partition coefficient (Wildman–Crippen LogP) is -0.0342. The van der Waals surface area contributed by atoms with E-state index in [1.54, 1.807) is 30.5 Å². The number of sulfone groups is 1. The number of hydrogen-bond donors (Lipinski definition) is 4. The first-order valence-corrected chi connectivity index (χ1v) is 13.3. The quantitative estimate of drug-likeness (QED) is 0.268. The number of benzene rings is 1. The van der Waals surface area contributed by atoms with E-state index < -0.39 is 34.9 Å². The number of aromatic amines is 1. The van der Waals surface area contributed by atoms with E-state index in [2.05, 4.69) is 35.9 Å². The zero-order valence-electron chi connectivity index (χ0n) is 18.0. The average molecular weight is 514 g/mol. The lowest BCUT2D eigenvalue weighted by atomic mass is 9.98. The number of nitrogens with one attached hydrogen (secondary N) is 2. The van der Waals surface area contributed by atoms with Gasteiger partial charge in [-0.15, -0.1) is 5.10 Å². The highest BCUT2D eigenvalue weighted by molar-refractivity contribution is 7.94. The molecular formula is C20H19N9O4S2. The highest BCUT2D eigenvalue weighted by Crippen LogP contribution is 2.40. The number of aromatic nitrogens is 6. The van der Waals surface area contributed by atoms with Crippen LogP contribution < -0.4 is 16.2 Å². The standard InChI is InChI=1S/C20H19N9O4S2/c21-19-14(2-1-6-25-19)15-8-11(5-7-24-15)13-3-4-16(34(30,31)12-9-23-10-12)18(35(22,32)33)17(13)20-26-28-29-27-20/h1-8,12,23H,9-10H2,(H2,21,25)(H2,22,32,33)(H,26,27,28,29). The number of nitrogens with zero attached hydrogens (tertiary/aromatic N) is 5. The second-order valence-corrected chi connectivity index (χ2v) is 11.5. The third kappa shape index (κ3) is 4.03. The third-order valence-electron chi connectivity index (χ3n) is 5.66. The average Bonchev–Trinajstić information content (AvgIpc) is 3.31. The molecule has 0 amide bonds. The van der Waals surface area contributed by atoms with Gasteiger partial charge in [0.25, 0.3) is 0 Å². The van der Waals surface area contributed by atoms with Crippen molar-refractivity contribution in [2.45, 2.75) is 15.0 Å². The van der Waals surface area contributed by atoms with Crippen molar-refractivity contribution < 1.29 is 16.8 Å². The Balaban J connectivity index is 1.81. The lowest BCUT2D eigenvalue weighted by Crippen LogP contribution is -2.51. The fourth-order valence-electron chi connectivity index (χ4n) is 3.85. The number of hydrogen-bond acceptors (Lipinski definition) is 11. The van der Waals surface area contributed by atoms with Crippen LogP contribution in [0.5, 0.6) is 0 Å². The number of primary sulfonamides is 1. The van der Waals surface area contributed by atoms with Crippen LogP contribution >= 0.6 is 0 Å². The number of tetrazole rings is 1. The van der Waals surface area contributed by atoms with E-state index in [1.165, 1.54) is 18.3 Å². The van der Waals surface area contributed by atoms with E-state index in [-0.39, 0.29) is 30.3 Å². The molecule has 1 aromatic carbocycles. The van der Waals surface area contributed by atoms with E-state index in [0.29, 0.717) is 22.4 Å². The van der Waals surface area contributed by atoms with Gasteiger partial charge in [-0.05, 0) is 51.9 Å². The fourth-order valence-corrected chi connectivity index (χ4v) is 7.04. The lowest BCUT2D eigenvalue weighted by Gasteiger charge is -2.28. The number of nitrogens with two attached hydrogens (primary N) is 2. The third-order valence-corrected chi connectivity index (χ3v) is 8.95. The number of nitrogen functional groups attached to an aromatic ring is 1. The number of sulfonamides is 1. The molecule has 0 atom stereocenters. The monoisotopic (exact) mass is 513 g/mol. The van der Waals surface area contributed by atoms with Crippen LogP contribution in [0.3, 0.4) is 0 Å². The minimum absolute atomic E-state index is 0.0629. The number of H-pyrrole nitrogens is 1. The molecule has 0 aliphatic carbocycles. The molecule has 0 spiro atoms. The summed E-state index contributed by atoms with van der Waals surface area (Å²) < 4.78 is 52.2. The van der Waals surface area contributed by atoms with Crippen molar-refractivity contribution in [1.82, 2.24) is 35.9 Å². The van der Waals surface area contributed by atoms with Gasteiger partial charge < -0.3 is 11.1 Å². The molecule has 1 fully saturated rings. The second-order valence-electron chi connectivity index (χ2n) is 7.80. The Morgan fingerprint density at radius 2 is 1.77 bits per heavy atom. The van der Waals surface area contributed by atoms with Crippen molar-refractivity contribution >= 4 is 25.7 Å². The molecule has 0 unspecified atom stereocenters. The van der Waals surface area contributed by atoms with Gasteiger partial charge in [-0.3, -0.25) is 4.98 Å². The SMILES string of the molecule is Nc1ncccc1-c1cc(-c2ccc(S(=O)(=O)C3CNC3)c(S(N)(=O)=O)c2-c2nnn[nH]2)ccn1. The summed E-state index contributed by atoms with van der Waals surface area (Å²) in [4.78, 5) is 7.42. The van der Waals surface area contributed by atoms with Crippen LogP contribution in [-0.4, -0.2) is 65.8 Å². The molecule has 1 aliphatic rings. The smallest absolute Gasteiger partial charge is 0.240 e. The highest BCUT2D eigenvalue weighted by atomic mass is 32.2. The van der Waals surface area contributed by atoms with Crippen LogP contribution in [0.4, 0.5) is 5.82 Å². The molecule has 1 saturated heterocycles. The van der Waals surface area contributed by atoms with E-state index in [9.17, 15) is 16.8 Å². The van der Waals surface area contributed by atoms with Gasteiger partial charge >= 0.3 is 0 Å². The highest BCUT2D eigenvalue weighted by Gasteiger charge is 2.38. The molecule has 3 aromatic heterocycles. The van der Waals surface area contributed by atoms with E-state index in [0.717, 1.165) is 0 Å². The van der Waals surface area contributed by atoms with Crippen molar-refractivity contribution in [3.63, 3.8) is 0 Å². The first-order chi connectivity index (χ1) is 16.7. The van der Waals surface area contributed by atoms with Crippen molar-refractivity contribution in [2.24, 2.45) is 5.14 Å². The predicted molar refractivity (Wildman–Crippen MR) is 126 cm³/mol. The Bertz CT molecular complexity index is 1640. The Morgan fingerprint density at radius 1 is 0.971 bits per heavy atom. The van der Waals surface area contributed by atoms with Gasteiger partial charge in [0.2, 0.25) is 10.0 Å². The van der Waals surface area contributed by atoms with Crippen LogP contribution in [0.25, 0.3) is 33.8 Å². The molecule has 5 rings (SSSR count). The maximum absolute atomic E-state index is 13.3. The summed E-state index contributed by atoms with van der Waals surface area (Å²) in [5.74, 6) is 0.199. The van der Waals surface area contributed by atoms with E-state index in [4.69, 9.17) is 10.9 Å². The van der Waals surface area contributed by atoms with Crippen LogP contribution in [0, 0.1) is 0 Å². The molecule has 6 N–H and O–H groups in total. The van der Waals surface area contributed by atoms with Gasteiger partial charge in [-0.25, -0.2) is 32.1 Å². The van der Waals surface area contributed by atoms with Gasteiger partial charge in [0.15, 0.2) is 15.7 Å². The topological polar surface area (TPSA) is 213 Å². The van der Waals surface area contributed by atoms with Crippen LogP contribution in [0.15, 0.2) is 58.6 Å². The lowest BCUT2D eigenvalue weighted by molar-refractivity contribution is 0.493. The van der Waals surface area contributed by atoms with Crippen molar-refractivity contribution in [1.29, 1.82) is 0 Å². The zero-order chi connectivity index (χ0) is 24.8. The molecule has 4 aromatic rings. The van der Waals surface area contributed by atoms with Gasteiger partial charge in [0.05, 0.1) is 15.8 Å². The Labute approximate surface area is 200 Å². The molecule has 0 radical (unpaired) electrons. The summed E-state index contributed by atoms with van der Waals surface area (Å²) in [5, 5.41) is 21.1. The molecule has 0 saturated carbocycles. The summed E-state index contributed by atoms with van der Waals surface area (Å²) in [6.07, 6.45) is 3.06. The van der Waals surface area contributed by atoms with E-state index >= 15 is 0 Å². The Hall–Kier alpha value is -3.79. The zero-order valence-corrected chi connectivity index (χ0v) is 19.6. The molecule has 180 valence electrons. The van der Waals surface area contributed by atoms with Gasteiger partial charge in [-0.2, -0.15) is 0 Å². The summed E-state index contributed by atoms with van der Waals surface area (Å²) in [6.45, 7) is 0.404. The molecular weight excluding hydrogens is 494 g/mol. The fraction of sp³-hybridized carbons (Fsp3) is 0.150. The molecule has 15 heteroatoms. The van der Waals surface area contributed by atoms with Gasteiger partial charge in [0, 0.05) is 36.6 Å².